The lowest BCUT2D eigenvalue weighted by molar-refractivity contribution is 0.460. The third kappa shape index (κ3) is 7.56. The minimum atomic E-state index is 0.830. The van der Waals surface area contributed by atoms with Gasteiger partial charge in [-0.2, -0.15) is 11.8 Å². The van der Waals surface area contributed by atoms with E-state index in [1.165, 1.54) is 63.0 Å². The summed E-state index contributed by atoms with van der Waals surface area (Å²) in [6.07, 6.45) is 9.84. The Bertz CT molecular complexity index is 153. The number of nitrogens with one attached hydrogen (secondary N) is 1. The summed E-state index contributed by atoms with van der Waals surface area (Å²) in [6.45, 7) is 5.89. The van der Waals surface area contributed by atoms with Crippen molar-refractivity contribution in [2.45, 2.75) is 64.8 Å². The summed E-state index contributed by atoms with van der Waals surface area (Å²) < 4.78 is 0. The molecule has 1 heterocycles. The molecule has 1 fully saturated rings. The third-order valence-corrected chi connectivity index (χ3v) is 4.41. The van der Waals surface area contributed by atoms with Gasteiger partial charge in [0.1, 0.15) is 0 Å². The van der Waals surface area contributed by atoms with Gasteiger partial charge in [0.2, 0.25) is 0 Å². The van der Waals surface area contributed by atoms with Crippen molar-refractivity contribution in [2.24, 2.45) is 5.92 Å². The molecule has 0 aromatic heterocycles. The molecule has 0 aromatic rings. The summed E-state index contributed by atoms with van der Waals surface area (Å²) >= 11 is 2.11. The maximum Gasteiger partial charge on any atom is 0.00827 e. The van der Waals surface area contributed by atoms with Crippen molar-refractivity contribution in [3.63, 3.8) is 0 Å². The van der Waals surface area contributed by atoms with Crippen LogP contribution < -0.4 is 5.32 Å². The Morgan fingerprint density at radius 3 is 2.44 bits per heavy atom. The van der Waals surface area contributed by atoms with E-state index in [1.54, 1.807) is 0 Å². The van der Waals surface area contributed by atoms with Gasteiger partial charge in [-0.15, -0.1) is 0 Å². The minimum Gasteiger partial charge on any atom is -0.314 e. The van der Waals surface area contributed by atoms with Gasteiger partial charge in [-0.1, -0.05) is 39.5 Å². The smallest absolute Gasteiger partial charge is 0.00827 e. The number of rotatable bonds is 8. The highest BCUT2D eigenvalue weighted by Crippen LogP contribution is 2.17. The van der Waals surface area contributed by atoms with Crippen LogP contribution in [0.3, 0.4) is 0 Å². The molecule has 0 saturated carbocycles. The van der Waals surface area contributed by atoms with Crippen LogP contribution in [-0.4, -0.2) is 24.1 Å². The first-order chi connectivity index (χ1) is 7.79. The lowest BCUT2D eigenvalue weighted by Gasteiger charge is -2.22. The highest BCUT2D eigenvalue weighted by molar-refractivity contribution is 7.99. The zero-order chi connectivity index (χ0) is 11.6. The summed E-state index contributed by atoms with van der Waals surface area (Å²) in [5.41, 5.74) is 0. The zero-order valence-electron chi connectivity index (χ0n) is 11.1. The molecular formula is C14H29NS. The van der Waals surface area contributed by atoms with Crippen molar-refractivity contribution < 1.29 is 0 Å². The number of hydrogen-bond acceptors (Lipinski definition) is 2. The lowest BCUT2D eigenvalue weighted by Crippen LogP contribution is -2.33. The van der Waals surface area contributed by atoms with E-state index < -0.39 is 0 Å². The fourth-order valence-corrected chi connectivity index (χ4v) is 3.35. The quantitative estimate of drug-likeness (QED) is 0.645. The van der Waals surface area contributed by atoms with Gasteiger partial charge in [-0.05, 0) is 43.2 Å². The fourth-order valence-electron chi connectivity index (χ4n) is 2.24. The van der Waals surface area contributed by atoms with E-state index in [9.17, 15) is 0 Å². The summed E-state index contributed by atoms with van der Waals surface area (Å²) in [5.74, 6) is 3.62. The molecule has 0 atom stereocenters. The van der Waals surface area contributed by atoms with Crippen molar-refractivity contribution >= 4 is 11.8 Å². The van der Waals surface area contributed by atoms with Crippen LogP contribution in [0.15, 0.2) is 0 Å². The first-order valence-electron chi connectivity index (χ1n) is 7.10. The molecule has 1 nitrogen and oxygen atoms in total. The van der Waals surface area contributed by atoms with Gasteiger partial charge >= 0.3 is 0 Å². The van der Waals surface area contributed by atoms with Crippen LogP contribution in [0.5, 0.6) is 0 Å². The molecule has 0 unspecified atom stereocenters. The predicted molar refractivity (Wildman–Crippen MR) is 76.3 cm³/mol. The average molecular weight is 243 g/mol. The van der Waals surface area contributed by atoms with Gasteiger partial charge in [0, 0.05) is 6.04 Å². The maximum absolute atomic E-state index is 3.71. The number of unbranched alkanes of at least 4 members (excludes halogenated alkanes) is 3. The second kappa shape index (κ2) is 9.35. The van der Waals surface area contributed by atoms with Crippen LogP contribution in [0.2, 0.25) is 0 Å². The molecule has 0 spiro atoms. The number of hydrogen-bond donors (Lipinski definition) is 1. The summed E-state index contributed by atoms with van der Waals surface area (Å²) in [7, 11) is 0. The van der Waals surface area contributed by atoms with Gasteiger partial charge in [0.15, 0.2) is 0 Å². The van der Waals surface area contributed by atoms with Gasteiger partial charge < -0.3 is 5.32 Å². The van der Waals surface area contributed by atoms with Crippen LogP contribution in [0, 0.1) is 5.92 Å². The highest BCUT2D eigenvalue weighted by Gasteiger charge is 2.11. The Morgan fingerprint density at radius 1 is 1.06 bits per heavy atom. The topological polar surface area (TPSA) is 12.0 Å². The van der Waals surface area contributed by atoms with Crippen molar-refractivity contribution in [3.8, 4) is 0 Å². The lowest BCUT2D eigenvalue weighted by atomic mass is 10.0. The maximum atomic E-state index is 3.71. The van der Waals surface area contributed by atoms with Gasteiger partial charge in [0.25, 0.3) is 0 Å². The monoisotopic (exact) mass is 243 g/mol. The number of thioether (sulfide) groups is 1. The second-order valence-electron chi connectivity index (χ2n) is 5.44. The van der Waals surface area contributed by atoms with Crippen LogP contribution in [0.25, 0.3) is 0 Å². The van der Waals surface area contributed by atoms with E-state index in [4.69, 9.17) is 0 Å². The van der Waals surface area contributed by atoms with Crippen LogP contribution in [-0.2, 0) is 0 Å². The third-order valence-electron chi connectivity index (χ3n) is 3.36. The van der Waals surface area contributed by atoms with Gasteiger partial charge in [0.05, 0.1) is 0 Å². The Hall–Kier alpha value is 0.310. The molecule has 0 aromatic carbocycles. The standard InChI is InChI=1S/C14H29NS/c1-13(2)7-5-3-4-6-10-15-14-8-11-16-12-9-14/h13-15H,3-12H2,1-2H3. The van der Waals surface area contributed by atoms with Crippen LogP contribution >= 0.6 is 11.8 Å². The summed E-state index contributed by atoms with van der Waals surface area (Å²) in [6, 6.07) is 0.830. The summed E-state index contributed by atoms with van der Waals surface area (Å²) in [5, 5.41) is 3.71. The van der Waals surface area contributed by atoms with Crippen molar-refractivity contribution in [1.29, 1.82) is 0 Å². The molecule has 0 bridgehead atoms. The second-order valence-corrected chi connectivity index (χ2v) is 6.66. The van der Waals surface area contributed by atoms with E-state index in [0.29, 0.717) is 0 Å². The molecule has 2 heteroatoms. The van der Waals surface area contributed by atoms with Crippen molar-refractivity contribution in [2.75, 3.05) is 18.1 Å². The molecule has 96 valence electrons. The first kappa shape index (κ1) is 14.4. The van der Waals surface area contributed by atoms with E-state index >= 15 is 0 Å². The Balaban J connectivity index is 1.80. The molecule has 0 amide bonds. The molecule has 1 aliphatic heterocycles. The normalized spacial score (nSPS) is 18.2. The van der Waals surface area contributed by atoms with Gasteiger partial charge in [-0.25, -0.2) is 0 Å². The molecule has 1 aliphatic rings. The van der Waals surface area contributed by atoms with Gasteiger partial charge in [-0.3, -0.25) is 0 Å². The Kier molecular flexibility index (Phi) is 8.40. The first-order valence-corrected chi connectivity index (χ1v) is 8.25. The fraction of sp³-hybridized carbons (Fsp3) is 1.00. The molecule has 1 saturated heterocycles. The SMILES string of the molecule is CC(C)CCCCCCNC1CCSCC1. The van der Waals surface area contributed by atoms with Crippen molar-refractivity contribution in [3.05, 3.63) is 0 Å². The van der Waals surface area contributed by atoms with E-state index in [-0.39, 0.29) is 0 Å². The van der Waals surface area contributed by atoms with E-state index in [1.807, 2.05) is 0 Å². The Morgan fingerprint density at radius 2 is 1.75 bits per heavy atom. The van der Waals surface area contributed by atoms with E-state index in [2.05, 4.69) is 30.9 Å². The predicted octanol–water partition coefficient (Wildman–Crippen LogP) is 4.08. The molecular weight excluding hydrogens is 214 g/mol. The Labute approximate surface area is 106 Å². The molecule has 1 rings (SSSR count). The zero-order valence-corrected chi connectivity index (χ0v) is 12.0. The molecule has 0 aliphatic carbocycles. The minimum absolute atomic E-state index is 0.830. The molecule has 1 N–H and O–H groups in total. The molecule has 0 radical (unpaired) electrons. The average Bonchev–Trinajstić information content (AvgIpc) is 2.29. The van der Waals surface area contributed by atoms with Crippen LogP contribution in [0.1, 0.15) is 58.8 Å². The van der Waals surface area contributed by atoms with Crippen molar-refractivity contribution in [1.82, 2.24) is 5.32 Å². The molecule has 16 heavy (non-hydrogen) atoms. The van der Waals surface area contributed by atoms with E-state index in [0.717, 1.165) is 12.0 Å². The van der Waals surface area contributed by atoms with Crippen LogP contribution in [0.4, 0.5) is 0 Å². The largest absolute Gasteiger partial charge is 0.314 e. The highest BCUT2D eigenvalue weighted by atomic mass is 32.2. The summed E-state index contributed by atoms with van der Waals surface area (Å²) in [4.78, 5) is 0.